The standard InChI is InChI=1S/C21H17F3N2O/c22-21(23,24)18-9-6-15(7-10-18)8-11-19(27)25-14-12-17-4-1-3-16-5-2-13-26-20(16)17/h1-11,13H,12,14H2,(H,25,27)/b11-8+. The Morgan fingerprint density at radius 3 is 2.52 bits per heavy atom. The summed E-state index contributed by atoms with van der Waals surface area (Å²) in [6.45, 7) is 0.436. The summed E-state index contributed by atoms with van der Waals surface area (Å²) >= 11 is 0. The number of nitrogens with zero attached hydrogens (tertiary/aromatic N) is 1. The van der Waals surface area contributed by atoms with Gasteiger partial charge in [-0.3, -0.25) is 9.78 Å². The van der Waals surface area contributed by atoms with Gasteiger partial charge in [0.05, 0.1) is 11.1 Å². The van der Waals surface area contributed by atoms with E-state index in [9.17, 15) is 18.0 Å². The number of halogens is 3. The van der Waals surface area contributed by atoms with Gasteiger partial charge >= 0.3 is 6.18 Å². The van der Waals surface area contributed by atoms with E-state index >= 15 is 0 Å². The molecule has 0 saturated carbocycles. The van der Waals surface area contributed by atoms with Crippen molar-refractivity contribution >= 4 is 22.9 Å². The number of hydrogen-bond donors (Lipinski definition) is 1. The number of pyridine rings is 1. The number of alkyl halides is 3. The van der Waals surface area contributed by atoms with Gasteiger partial charge in [0.15, 0.2) is 0 Å². The van der Waals surface area contributed by atoms with Crippen LogP contribution in [0, 0.1) is 0 Å². The molecule has 0 aliphatic heterocycles. The topological polar surface area (TPSA) is 42.0 Å². The van der Waals surface area contributed by atoms with Crippen LogP contribution in [0.1, 0.15) is 16.7 Å². The SMILES string of the molecule is O=C(/C=C/c1ccc(C(F)(F)F)cc1)NCCc1cccc2cccnc12. The maximum atomic E-state index is 12.5. The summed E-state index contributed by atoms with van der Waals surface area (Å²) < 4.78 is 37.6. The van der Waals surface area contributed by atoms with Crippen LogP contribution in [0.5, 0.6) is 0 Å². The second-order valence-corrected chi connectivity index (χ2v) is 5.99. The molecule has 1 aromatic heterocycles. The molecule has 1 heterocycles. The van der Waals surface area contributed by atoms with E-state index in [0.29, 0.717) is 18.5 Å². The fraction of sp³-hybridized carbons (Fsp3) is 0.143. The van der Waals surface area contributed by atoms with E-state index in [0.717, 1.165) is 28.6 Å². The molecule has 3 nitrogen and oxygen atoms in total. The first-order valence-corrected chi connectivity index (χ1v) is 8.39. The van der Waals surface area contributed by atoms with Crippen LogP contribution in [0.2, 0.25) is 0 Å². The molecule has 138 valence electrons. The zero-order valence-electron chi connectivity index (χ0n) is 14.3. The van der Waals surface area contributed by atoms with Crippen LogP contribution in [0.3, 0.4) is 0 Å². The van der Waals surface area contributed by atoms with Crippen LogP contribution in [0.15, 0.2) is 66.9 Å². The fourth-order valence-corrected chi connectivity index (χ4v) is 2.70. The van der Waals surface area contributed by atoms with Crippen LogP contribution in [0.25, 0.3) is 17.0 Å². The third kappa shape index (κ3) is 4.94. The summed E-state index contributed by atoms with van der Waals surface area (Å²) in [4.78, 5) is 16.3. The van der Waals surface area contributed by atoms with Gasteiger partial charge in [-0.1, -0.05) is 36.4 Å². The Morgan fingerprint density at radius 1 is 1.04 bits per heavy atom. The number of aromatic nitrogens is 1. The molecule has 0 unspecified atom stereocenters. The number of nitrogens with one attached hydrogen (secondary N) is 1. The second kappa shape index (κ2) is 8.03. The van der Waals surface area contributed by atoms with Gasteiger partial charge in [-0.2, -0.15) is 13.2 Å². The number of carbonyl (C=O) groups excluding carboxylic acids is 1. The second-order valence-electron chi connectivity index (χ2n) is 5.99. The average molecular weight is 370 g/mol. The van der Waals surface area contributed by atoms with E-state index in [4.69, 9.17) is 0 Å². The minimum Gasteiger partial charge on any atom is -0.352 e. The van der Waals surface area contributed by atoms with Gasteiger partial charge in [0, 0.05) is 24.2 Å². The number of carbonyl (C=O) groups is 1. The first kappa shape index (κ1) is 18.6. The van der Waals surface area contributed by atoms with E-state index < -0.39 is 11.7 Å². The highest BCUT2D eigenvalue weighted by atomic mass is 19.4. The normalized spacial score (nSPS) is 11.8. The molecule has 0 spiro atoms. The number of rotatable bonds is 5. The monoisotopic (exact) mass is 370 g/mol. The first-order chi connectivity index (χ1) is 12.9. The third-order valence-corrected chi connectivity index (χ3v) is 4.08. The molecule has 0 saturated heterocycles. The molecule has 0 atom stereocenters. The van der Waals surface area contributed by atoms with Crippen molar-refractivity contribution in [2.24, 2.45) is 0 Å². The maximum Gasteiger partial charge on any atom is 0.416 e. The van der Waals surface area contributed by atoms with Crippen LogP contribution >= 0.6 is 0 Å². The highest BCUT2D eigenvalue weighted by molar-refractivity contribution is 5.91. The van der Waals surface area contributed by atoms with Crippen molar-refractivity contribution in [3.8, 4) is 0 Å². The van der Waals surface area contributed by atoms with Gasteiger partial charge < -0.3 is 5.32 Å². The summed E-state index contributed by atoms with van der Waals surface area (Å²) in [7, 11) is 0. The smallest absolute Gasteiger partial charge is 0.352 e. The maximum absolute atomic E-state index is 12.5. The molecule has 3 aromatic rings. The Hall–Kier alpha value is -3.15. The number of amides is 1. The number of benzene rings is 2. The lowest BCUT2D eigenvalue weighted by Crippen LogP contribution is -2.23. The summed E-state index contributed by atoms with van der Waals surface area (Å²) in [5, 5.41) is 3.81. The summed E-state index contributed by atoms with van der Waals surface area (Å²) in [5.74, 6) is -0.303. The number of fused-ring (bicyclic) bond motifs is 1. The van der Waals surface area contributed by atoms with E-state index in [1.165, 1.54) is 24.3 Å². The van der Waals surface area contributed by atoms with E-state index in [1.807, 2.05) is 30.3 Å². The fourth-order valence-electron chi connectivity index (χ4n) is 2.70. The molecule has 27 heavy (non-hydrogen) atoms. The lowest BCUT2D eigenvalue weighted by atomic mass is 10.1. The molecular weight excluding hydrogens is 353 g/mol. The van der Waals surface area contributed by atoms with Crippen molar-refractivity contribution in [1.82, 2.24) is 10.3 Å². The van der Waals surface area contributed by atoms with Crippen LogP contribution in [0.4, 0.5) is 13.2 Å². The quantitative estimate of drug-likeness (QED) is 0.666. The third-order valence-electron chi connectivity index (χ3n) is 4.08. The molecule has 0 bridgehead atoms. The largest absolute Gasteiger partial charge is 0.416 e. The number of hydrogen-bond acceptors (Lipinski definition) is 2. The highest BCUT2D eigenvalue weighted by Gasteiger charge is 2.29. The molecule has 1 N–H and O–H groups in total. The zero-order valence-corrected chi connectivity index (χ0v) is 14.3. The van der Waals surface area contributed by atoms with Gasteiger partial charge in [-0.15, -0.1) is 0 Å². The molecule has 1 amide bonds. The predicted molar refractivity (Wildman–Crippen MR) is 98.9 cm³/mol. The molecular formula is C21H17F3N2O. The van der Waals surface area contributed by atoms with Crippen LogP contribution < -0.4 is 5.32 Å². The molecule has 3 rings (SSSR count). The van der Waals surface area contributed by atoms with Crippen LogP contribution in [-0.2, 0) is 17.4 Å². The van der Waals surface area contributed by atoms with Crippen molar-refractivity contribution in [3.05, 3.63) is 83.6 Å². The molecule has 0 aliphatic rings. The van der Waals surface area contributed by atoms with Crippen LogP contribution in [-0.4, -0.2) is 17.4 Å². The minimum atomic E-state index is -4.36. The zero-order chi connectivity index (χ0) is 19.3. The molecule has 0 radical (unpaired) electrons. The number of para-hydroxylation sites is 1. The summed E-state index contributed by atoms with van der Waals surface area (Å²) in [6, 6.07) is 14.4. The van der Waals surface area contributed by atoms with Crippen molar-refractivity contribution in [2.45, 2.75) is 12.6 Å². The van der Waals surface area contributed by atoms with Gasteiger partial charge in [0.1, 0.15) is 0 Å². The Morgan fingerprint density at radius 2 is 1.78 bits per heavy atom. The van der Waals surface area contributed by atoms with Gasteiger partial charge in [-0.05, 0) is 41.8 Å². The van der Waals surface area contributed by atoms with Crippen molar-refractivity contribution in [1.29, 1.82) is 0 Å². The molecule has 2 aromatic carbocycles. The lowest BCUT2D eigenvalue weighted by molar-refractivity contribution is -0.137. The summed E-state index contributed by atoms with van der Waals surface area (Å²) in [6.07, 6.45) is 0.792. The molecule has 0 aliphatic carbocycles. The van der Waals surface area contributed by atoms with Crippen molar-refractivity contribution in [2.75, 3.05) is 6.54 Å². The highest BCUT2D eigenvalue weighted by Crippen LogP contribution is 2.29. The Balaban J connectivity index is 1.54. The van der Waals surface area contributed by atoms with E-state index in [2.05, 4.69) is 10.3 Å². The van der Waals surface area contributed by atoms with Gasteiger partial charge in [-0.25, -0.2) is 0 Å². The van der Waals surface area contributed by atoms with Crippen molar-refractivity contribution in [3.63, 3.8) is 0 Å². The van der Waals surface area contributed by atoms with E-state index in [1.54, 1.807) is 6.20 Å². The van der Waals surface area contributed by atoms with E-state index in [-0.39, 0.29) is 5.91 Å². The molecule has 6 heteroatoms. The Kier molecular flexibility index (Phi) is 5.54. The van der Waals surface area contributed by atoms with Crippen molar-refractivity contribution < 1.29 is 18.0 Å². The van der Waals surface area contributed by atoms with Gasteiger partial charge in [0.25, 0.3) is 0 Å². The Bertz CT molecular complexity index is 958. The lowest BCUT2D eigenvalue weighted by Gasteiger charge is -2.06. The minimum absolute atomic E-state index is 0.303. The van der Waals surface area contributed by atoms with Gasteiger partial charge in [0.2, 0.25) is 5.91 Å². The molecule has 0 fully saturated rings. The summed E-state index contributed by atoms with van der Waals surface area (Å²) in [5.41, 5.74) is 1.76. The first-order valence-electron chi connectivity index (χ1n) is 8.39. The predicted octanol–water partition coefficient (Wildman–Crippen LogP) is 4.63. The average Bonchev–Trinajstić information content (AvgIpc) is 2.66. The Labute approximate surface area is 154 Å².